The lowest BCUT2D eigenvalue weighted by molar-refractivity contribution is 0.0418. The highest BCUT2D eigenvalue weighted by Crippen LogP contribution is 2.28. The van der Waals surface area contributed by atoms with Crippen LogP contribution >= 0.6 is 0 Å². The number of piperazine rings is 1. The van der Waals surface area contributed by atoms with Crippen molar-refractivity contribution in [1.29, 1.82) is 0 Å². The van der Waals surface area contributed by atoms with E-state index in [4.69, 9.17) is 0 Å². The molecule has 1 saturated heterocycles. The van der Waals surface area contributed by atoms with Gasteiger partial charge in [-0.3, -0.25) is 4.90 Å². The third kappa shape index (κ3) is 3.16. The summed E-state index contributed by atoms with van der Waals surface area (Å²) >= 11 is 0. The first-order valence-corrected chi connectivity index (χ1v) is 5.91. The summed E-state index contributed by atoms with van der Waals surface area (Å²) in [6, 6.07) is 1.21. The topological polar surface area (TPSA) is 18.5 Å². The predicted molar refractivity (Wildman–Crippen MR) is 66.2 cm³/mol. The minimum Gasteiger partial charge on any atom is -0.314 e. The van der Waals surface area contributed by atoms with Crippen molar-refractivity contribution < 1.29 is 0 Å². The molecule has 0 radical (unpaired) electrons. The van der Waals surface area contributed by atoms with Gasteiger partial charge in [0.2, 0.25) is 0 Å². The summed E-state index contributed by atoms with van der Waals surface area (Å²) in [5, 5.41) is 3.50. The molecule has 90 valence electrons. The fourth-order valence-electron chi connectivity index (χ4n) is 2.88. The van der Waals surface area contributed by atoms with Crippen LogP contribution in [0, 0.1) is 5.41 Å². The number of hydrogen-bond acceptors (Lipinski definition) is 3. The van der Waals surface area contributed by atoms with Gasteiger partial charge in [-0.25, -0.2) is 0 Å². The molecular formula is C12H27N3. The van der Waals surface area contributed by atoms with Gasteiger partial charge in [0.1, 0.15) is 0 Å². The fraction of sp³-hybridized carbons (Fsp3) is 1.00. The van der Waals surface area contributed by atoms with Crippen LogP contribution in [-0.2, 0) is 0 Å². The lowest BCUT2D eigenvalue weighted by atomic mass is 9.80. The van der Waals surface area contributed by atoms with E-state index in [1.165, 1.54) is 0 Å². The van der Waals surface area contributed by atoms with Crippen LogP contribution in [0.2, 0.25) is 0 Å². The Balaban J connectivity index is 2.78. The Morgan fingerprint density at radius 3 is 2.33 bits per heavy atom. The molecule has 0 aromatic rings. The van der Waals surface area contributed by atoms with Gasteiger partial charge in [0.15, 0.2) is 0 Å². The van der Waals surface area contributed by atoms with Crippen molar-refractivity contribution >= 4 is 0 Å². The molecule has 3 heteroatoms. The Morgan fingerprint density at radius 2 is 1.93 bits per heavy atom. The number of rotatable bonds is 2. The van der Waals surface area contributed by atoms with Crippen molar-refractivity contribution in [2.75, 3.05) is 40.8 Å². The summed E-state index contributed by atoms with van der Waals surface area (Å²) in [6.07, 6.45) is 0. The van der Waals surface area contributed by atoms with Gasteiger partial charge in [0.05, 0.1) is 0 Å². The number of nitrogens with zero attached hydrogens (tertiary/aromatic N) is 2. The Bertz CT molecular complexity index is 196. The van der Waals surface area contributed by atoms with Crippen LogP contribution in [0.3, 0.4) is 0 Å². The first kappa shape index (κ1) is 12.9. The van der Waals surface area contributed by atoms with Crippen LogP contribution in [0.1, 0.15) is 20.8 Å². The molecule has 0 amide bonds. The number of nitrogens with one attached hydrogen (secondary N) is 1. The summed E-state index contributed by atoms with van der Waals surface area (Å²) in [4.78, 5) is 4.86. The molecule has 2 unspecified atom stereocenters. The summed E-state index contributed by atoms with van der Waals surface area (Å²) in [7, 11) is 6.63. The van der Waals surface area contributed by atoms with E-state index in [1.54, 1.807) is 0 Å². The Morgan fingerprint density at radius 1 is 1.33 bits per heavy atom. The van der Waals surface area contributed by atoms with E-state index < -0.39 is 0 Å². The zero-order chi connectivity index (χ0) is 11.6. The molecule has 0 aliphatic carbocycles. The fourth-order valence-corrected chi connectivity index (χ4v) is 2.88. The second kappa shape index (κ2) is 4.81. The summed E-state index contributed by atoms with van der Waals surface area (Å²) in [5.74, 6) is 0. The average molecular weight is 213 g/mol. The van der Waals surface area contributed by atoms with E-state index in [9.17, 15) is 0 Å². The van der Waals surface area contributed by atoms with Crippen LogP contribution in [0.25, 0.3) is 0 Å². The molecule has 1 aliphatic heterocycles. The molecule has 15 heavy (non-hydrogen) atoms. The highest BCUT2D eigenvalue weighted by molar-refractivity contribution is 4.94. The Hall–Kier alpha value is -0.120. The van der Waals surface area contributed by atoms with Gasteiger partial charge in [-0.1, -0.05) is 20.8 Å². The van der Waals surface area contributed by atoms with E-state index in [0.717, 1.165) is 19.6 Å². The molecule has 0 spiro atoms. The minimum atomic E-state index is 0.321. The average Bonchev–Trinajstić information content (AvgIpc) is 2.05. The molecule has 0 aromatic heterocycles. The summed E-state index contributed by atoms with van der Waals surface area (Å²) < 4.78 is 0. The minimum absolute atomic E-state index is 0.321. The monoisotopic (exact) mass is 213 g/mol. The van der Waals surface area contributed by atoms with Crippen LogP contribution in [-0.4, -0.2) is 62.7 Å². The van der Waals surface area contributed by atoms with Gasteiger partial charge < -0.3 is 10.2 Å². The first-order valence-electron chi connectivity index (χ1n) is 5.91. The van der Waals surface area contributed by atoms with Crippen molar-refractivity contribution in [3.8, 4) is 0 Å². The zero-order valence-electron chi connectivity index (χ0n) is 11.2. The second-order valence-corrected chi connectivity index (χ2v) is 6.03. The van der Waals surface area contributed by atoms with E-state index in [-0.39, 0.29) is 0 Å². The SMILES string of the molecule is CN(C)C(C1CNCCN1C)C(C)(C)C. The molecule has 1 heterocycles. The van der Waals surface area contributed by atoms with Gasteiger partial charge in [-0.15, -0.1) is 0 Å². The van der Waals surface area contributed by atoms with Crippen LogP contribution < -0.4 is 5.32 Å². The normalized spacial score (nSPS) is 27.0. The van der Waals surface area contributed by atoms with Crippen molar-refractivity contribution in [1.82, 2.24) is 15.1 Å². The number of likely N-dealkylation sites (N-methyl/N-ethyl adjacent to an activating group) is 2. The molecule has 0 aromatic carbocycles. The van der Waals surface area contributed by atoms with Crippen molar-refractivity contribution in [2.45, 2.75) is 32.9 Å². The third-order valence-electron chi connectivity index (χ3n) is 3.37. The molecule has 2 atom stereocenters. The van der Waals surface area contributed by atoms with Crippen LogP contribution in [0.4, 0.5) is 0 Å². The van der Waals surface area contributed by atoms with Gasteiger partial charge in [-0.05, 0) is 26.6 Å². The van der Waals surface area contributed by atoms with E-state index in [0.29, 0.717) is 17.5 Å². The zero-order valence-corrected chi connectivity index (χ0v) is 11.2. The molecular weight excluding hydrogens is 186 g/mol. The van der Waals surface area contributed by atoms with Crippen molar-refractivity contribution in [2.24, 2.45) is 5.41 Å². The van der Waals surface area contributed by atoms with Crippen molar-refractivity contribution in [3.63, 3.8) is 0 Å². The molecule has 0 saturated carbocycles. The molecule has 0 bridgehead atoms. The quantitative estimate of drug-likeness (QED) is 0.734. The molecule has 3 nitrogen and oxygen atoms in total. The first-order chi connectivity index (χ1) is 6.84. The second-order valence-electron chi connectivity index (χ2n) is 6.03. The summed E-state index contributed by atoms with van der Waals surface area (Å²) in [5.41, 5.74) is 0.321. The highest BCUT2D eigenvalue weighted by Gasteiger charge is 2.36. The largest absolute Gasteiger partial charge is 0.314 e. The van der Waals surface area contributed by atoms with Crippen molar-refractivity contribution in [3.05, 3.63) is 0 Å². The Labute approximate surface area is 94.8 Å². The van der Waals surface area contributed by atoms with Gasteiger partial charge in [0, 0.05) is 31.7 Å². The Kier molecular flexibility index (Phi) is 4.15. The lowest BCUT2D eigenvalue weighted by Crippen LogP contribution is -2.61. The maximum absolute atomic E-state index is 3.50. The molecule has 1 rings (SSSR count). The van der Waals surface area contributed by atoms with E-state index in [2.05, 4.69) is 57.0 Å². The van der Waals surface area contributed by atoms with Crippen LogP contribution in [0.5, 0.6) is 0 Å². The maximum atomic E-state index is 3.50. The molecule has 1 N–H and O–H groups in total. The smallest absolute Gasteiger partial charge is 0.0378 e. The number of hydrogen-bond donors (Lipinski definition) is 1. The van der Waals surface area contributed by atoms with E-state index in [1.807, 2.05) is 0 Å². The molecule has 1 aliphatic rings. The van der Waals surface area contributed by atoms with Gasteiger partial charge >= 0.3 is 0 Å². The standard InChI is InChI=1S/C12H27N3/c1-12(2,3)11(14(4)5)10-9-13-7-8-15(10)6/h10-11,13H,7-9H2,1-6H3. The molecule has 1 fully saturated rings. The third-order valence-corrected chi connectivity index (χ3v) is 3.37. The van der Waals surface area contributed by atoms with Crippen LogP contribution in [0.15, 0.2) is 0 Å². The highest BCUT2D eigenvalue weighted by atomic mass is 15.3. The van der Waals surface area contributed by atoms with Gasteiger partial charge in [0.25, 0.3) is 0 Å². The summed E-state index contributed by atoms with van der Waals surface area (Å²) in [6.45, 7) is 10.4. The lowest BCUT2D eigenvalue weighted by Gasteiger charge is -2.47. The van der Waals surface area contributed by atoms with E-state index >= 15 is 0 Å². The van der Waals surface area contributed by atoms with Gasteiger partial charge in [-0.2, -0.15) is 0 Å². The maximum Gasteiger partial charge on any atom is 0.0378 e. The predicted octanol–water partition coefficient (Wildman–Crippen LogP) is 0.866.